The highest BCUT2D eigenvalue weighted by Crippen LogP contribution is 2.31. The summed E-state index contributed by atoms with van der Waals surface area (Å²) in [6.45, 7) is 3.78. The van der Waals surface area contributed by atoms with Crippen molar-refractivity contribution < 1.29 is 4.74 Å². The third-order valence-corrected chi connectivity index (χ3v) is 3.66. The molecule has 0 aromatic rings. The Bertz CT molecular complexity index is 157. The molecule has 0 aromatic heterocycles. The van der Waals surface area contributed by atoms with E-state index in [4.69, 9.17) is 4.74 Å². The van der Waals surface area contributed by atoms with E-state index in [1.807, 2.05) is 7.11 Å². The molecule has 2 heteroatoms. The summed E-state index contributed by atoms with van der Waals surface area (Å²) in [6, 6.07) is 0. The number of nitrogens with zero attached hydrogens (tertiary/aromatic N) is 1. The Kier molecular flexibility index (Phi) is 2.89. The number of ether oxygens (including phenoxy) is 1. The largest absolute Gasteiger partial charge is 0.377 e. The molecule has 0 radical (unpaired) electrons. The van der Waals surface area contributed by atoms with Crippen LogP contribution in [0.4, 0.5) is 0 Å². The lowest BCUT2D eigenvalue weighted by Crippen LogP contribution is -2.41. The van der Waals surface area contributed by atoms with Gasteiger partial charge in [-0.15, -0.1) is 0 Å². The van der Waals surface area contributed by atoms with Gasteiger partial charge in [0.1, 0.15) is 0 Å². The van der Waals surface area contributed by atoms with Crippen molar-refractivity contribution in [1.82, 2.24) is 4.90 Å². The van der Waals surface area contributed by atoms with Gasteiger partial charge in [0.15, 0.2) is 0 Å². The van der Waals surface area contributed by atoms with Gasteiger partial charge in [-0.1, -0.05) is 0 Å². The summed E-state index contributed by atoms with van der Waals surface area (Å²) in [6.07, 6.45) is 7.99. The van der Waals surface area contributed by atoms with Crippen molar-refractivity contribution in [3.05, 3.63) is 0 Å². The number of rotatable bonds is 1. The molecule has 2 aliphatic heterocycles. The maximum absolute atomic E-state index is 5.77. The van der Waals surface area contributed by atoms with Crippen molar-refractivity contribution in [3.8, 4) is 0 Å². The lowest BCUT2D eigenvalue weighted by atomic mass is 9.92. The first kappa shape index (κ1) is 9.47. The lowest BCUT2D eigenvalue weighted by molar-refractivity contribution is -0.0341. The van der Waals surface area contributed by atoms with Crippen molar-refractivity contribution in [1.29, 1.82) is 0 Å². The summed E-state index contributed by atoms with van der Waals surface area (Å²) < 4.78 is 5.77. The predicted octanol–water partition coefficient (Wildman–Crippen LogP) is 2.04. The van der Waals surface area contributed by atoms with Crippen molar-refractivity contribution in [2.24, 2.45) is 0 Å². The minimum Gasteiger partial charge on any atom is -0.377 e. The molecule has 2 rings (SSSR count). The van der Waals surface area contributed by atoms with E-state index < -0.39 is 0 Å². The SMILES string of the molecule is COC12CCCCN(CCCC1)C2. The zero-order valence-electron chi connectivity index (χ0n) is 8.72. The second kappa shape index (κ2) is 3.97. The molecule has 0 unspecified atom stereocenters. The molecule has 2 aliphatic rings. The first-order valence-electron chi connectivity index (χ1n) is 5.62. The van der Waals surface area contributed by atoms with Gasteiger partial charge in [-0.25, -0.2) is 0 Å². The monoisotopic (exact) mass is 183 g/mol. The van der Waals surface area contributed by atoms with Crippen LogP contribution in [-0.2, 0) is 4.74 Å². The minimum absolute atomic E-state index is 0.215. The van der Waals surface area contributed by atoms with E-state index in [-0.39, 0.29) is 5.60 Å². The van der Waals surface area contributed by atoms with E-state index in [9.17, 15) is 0 Å². The van der Waals surface area contributed by atoms with E-state index in [1.54, 1.807) is 0 Å². The van der Waals surface area contributed by atoms with Crippen LogP contribution in [0.25, 0.3) is 0 Å². The third-order valence-electron chi connectivity index (χ3n) is 3.66. The zero-order chi connectivity index (χ0) is 9.15. The Morgan fingerprint density at radius 3 is 2.15 bits per heavy atom. The highest BCUT2D eigenvalue weighted by molar-refractivity contribution is 4.89. The Morgan fingerprint density at radius 1 is 1.00 bits per heavy atom. The van der Waals surface area contributed by atoms with Gasteiger partial charge < -0.3 is 9.64 Å². The van der Waals surface area contributed by atoms with Crippen molar-refractivity contribution >= 4 is 0 Å². The average molecular weight is 183 g/mol. The second-order valence-electron chi connectivity index (χ2n) is 4.58. The van der Waals surface area contributed by atoms with Gasteiger partial charge in [0.05, 0.1) is 5.60 Å². The highest BCUT2D eigenvalue weighted by Gasteiger charge is 2.34. The summed E-state index contributed by atoms with van der Waals surface area (Å²) in [5.74, 6) is 0. The molecule has 0 saturated carbocycles. The van der Waals surface area contributed by atoms with E-state index in [1.165, 1.54) is 58.2 Å². The molecule has 76 valence electrons. The summed E-state index contributed by atoms with van der Waals surface area (Å²) in [4.78, 5) is 2.60. The second-order valence-corrected chi connectivity index (χ2v) is 4.58. The Morgan fingerprint density at radius 2 is 1.62 bits per heavy atom. The van der Waals surface area contributed by atoms with Gasteiger partial charge in [-0.3, -0.25) is 0 Å². The normalized spacial score (nSPS) is 40.8. The maximum Gasteiger partial charge on any atom is 0.0805 e. The van der Waals surface area contributed by atoms with E-state index in [0.717, 1.165) is 0 Å². The molecule has 0 N–H and O–H groups in total. The topological polar surface area (TPSA) is 12.5 Å². The lowest BCUT2D eigenvalue weighted by Gasteiger charge is -2.32. The van der Waals surface area contributed by atoms with E-state index in [0.29, 0.717) is 0 Å². The standard InChI is InChI=1S/C11H21NO/c1-13-11-6-2-4-8-12(10-11)9-5-3-7-11/h2-10H2,1H3. The Balaban J connectivity index is 2.10. The van der Waals surface area contributed by atoms with Gasteiger partial charge in [0, 0.05) is 13.7 Å². The fourth-order valence-corrected chi connectivity index (χ4v) is 2.79. The van der Waals surface area contributed by atoms with Crippen LogP contribution in [-0.4, -0.2) is 37.2 Å². The smallest absolute Gasteiger partial charge is 0.0805 e. The molecular weight excluding hydrogens is 162 g/mol. The van der Waals surface area contributed by atoms with Gasteiger partial charge in [0.25, 0.3) is 0 Å². The summed E-state index contributed by atoms with van der Waals surface area (Å²) in [7, 11) is 1.90. The van der Waals surface area contributed by atoms with Crippen LogP contribution >= 0.6 is 0 Å². The van der Waals surface area contributed by atoms with Gasteiger partial charge >= 0.3 is 0 Å². The van der Waals surface area contributed by atoms with Crippen LogP contribution in [0, 0.1) is 0 Å². The number of hydrogen-bond acceptors (Lipinski definition) is 2. The zero-order valence-corrected chi connectivity index (χ0v) is 8.72. The maximum atomic E-state index is 5.77. The predicted molar refractivity (Wildman–Crippen MR) is 53.9 cm³/mol. The molecule has 0 amide bonds. The number of hydrogen-bond donors (Lipinski definition) is 0. The molecule has 2 nitrogen and oxygen atoms in total. The molecular formula is C11H21NO. The van der Waals surface area contributed by atoms with Gasteiger partial charge in [0.2, 0.25) is 0 Å². The molecule has 0 aromatic carbocycles. The summed E-state index contributed by atoms with van der Waals surface area (Å²) in [5.41, 5.74) is 0.215. The molecule has 2 heterocycles. The highest BCUT2D eigenvalue weighted by atomic mass is 16.5. The minimum atomic E-state index is 0.215. The van der Waals surface area contributed by atoms with Crippen molar-refractivity contribution in [2.45, 2.75) is 44.1 Å². The van der Waals surface area contributed by atoms with Crippen molar-refractivity contribution in [2.75, 3.05) is 26.7 Å². The first-order valence-corrected chi connectivity index (χ1v) is 5.62. The molecule has 0 atom stereocenters. The molecule has 13 heavy (non-hydrogen) atoms. The Hall–Kier alpha value is -0.0800. The Labute approximate surface area is 81.3 Å². The molecule has 2 fully saturated rings. The average Bonchev–Trinajstić information content (AvgIpc) is 2.49. The molecule has 2 bridgehead atoms. The molecule has 0 spiro atoms. The number of fused-ring (bicyclic) bond motifs is 2. The fourth-order valence-electron chi connectivity index (χ4n) is 2.79. The quantitative estimate of drug-likeness (QED) is 0.617. The van der Waals surface area contributed by atoms with Gasteiger partial charge in [-0.2, -0.15) is 0 Å². The van der Waals surface area contributed by atoms with Gasteiger partial charge in [-0.05, 0) is 51.6 Å². The van der Waals surface area contributed by atoms with E-state index >= 15 is 0 Å². The van der Waals surface area contributed by atoms with Crippen LogP contribution in [0.3, 0.4) is 0 Å². The summed E-state index contributed by atoms with van der Waals surface area (Å²) >= 11 is 0. The van der Waals surface area contributed by atoms with Crippen LogP contribution in [0.5, 0.6) is 0 Å². The number of methoxy groups -OCH3 is 1. The fraction of sp³-hybridized carbons (Fsp3) is 1.00. The van der Waals surface area contributed by atoms with Crippen LogP contribution in [0.2, 0.25) is 0 Å². The first-order chi connectivity index (χ1) is 6.35. The summed E-state index contributed by atoms with van der Waals surface area (Å²) in [5, 5.41) is 0. The third kappa shape index (κ3) is 2.05. The van der Waals surface area contributed by atoms with Crippen molar-refractivity contribution in [3.63, 3.8) is 0 Å². The molecule has 2 saturated heterocycles. The molecule has 0 aliphatic carbocycles. The van der Waals surface area contributed by atoms with Crippen LogP contribution < -0.4 is 0 Å². The van der Waals surface area contributed by atoms with Crippen LogP contribution in [0.15, 0.2) is 0 Å². The van der Waals surface area contributed by atoms with Crippen LogP contribution in [0.1, 0.15) is 38.5 Å². The van der Waals surface area contributed by atoms with E-state index in [2.05, 4.69) is 4.90 Å².